The van der Waals surface area contributed by atoms with Gasteiger partial charge in [-0.25, -0.2) is 0 Å². The minimum Gasteiger partial charge on any atom is -0.381 e. The predicted molar refractivity (Wildman–Crippen MR) is 77.7 cm³/mol. The summed E-state index contributed by atoms with van der Waals surface area (Å²) in [7, 11) is 1.75. The van der Waals surface area contributed by atoms with E-state index in [1.54, 1.807) is 7.11 Å². The summed E-state index contributed by atoms with van der Waals surface area (Å²) in [4.78, 5) is 15.1. The number of rotatable bonds is 4. The molecule has 0 bridgehead atoms. The first-order chi connectivity index (χ1) is 9.74. The molecule has 2 aliphatic rings. The van der Waals surface area contributed by atoms with Crippen molar-refractivity contribution in [3.8, 4) is 0 Å². The molecule has 0 unspecified atom stereocenters. The molecule has 1 saturated heterocycles. The van der Waals surface area contributed by atoms with Crippen LogP contribution in [0.3, 0.4) is 0 Å². The van der Waals surface area contributed by atoms with Gasteiger partial charge in [-0.2, -0.15) is 15.0 Å². The lowest BCUT2D eigenvalue weighted by atomic mass is 9.89. The minimum atomic E-state index is 0.283. The van der Waals surface area contributed by atoms with Crippen LogP contribution < -0.4 is 16.0 Å². The second kappa shape index (κ2) is 5.78. The third kappa shape index (κ3) is 2.92. The topological polar surface area (TPSA) is 89.2 Å². The summed E-state index contributed by atoms with van der Waals surface area (Å²) in [5.74, 6) is 1.56. The first-order valence-corrected chi connectivity index (χ1v) is 7.30. The van der Waals surface area contributed by atoms with Crippen molar-refractivity contribution >= 4 is 17.8 Å². The Hall–Kier alpha value is -1.63. The Bertz CT molecular complexity index is 456. The van der Waals surface area contributed by atoms with Crippen molar-refractivity contribution in [1.82, 2.24) is 15.0 Å². The van der Waals surface area contributed by atoms with Crippen LogP contribution in [0.1, 0.15) is 32.1 Å². The summed E-state index contributed by atoms with van der Waals surface area (Å²) in [5.41, 5.74) is 5.80. The Kier molecular flexibility index (Phi) is 3.86. The molecule has 1 aromatic rings. The van der Waals surface area contributed by atoms with Gasteiger partial charge in [0.1, 0.15) is 0 Å². The molecular weight excluding hydrogens is 256 g/mol. The molecule has 20 heavy (non-hydrogen) atoms. The zero-order chi connectivity index (χ0) is 13.9. The minimum absolute atomic E-state index is 0.283. The molecule has 1 aromatic heterocycles. The van der Waals surface area contributed by atoms with E-state index in [1.165, 1.54) is 19.3 Å². The van der Waals surface area contributed by atoms with Gasteiger partial charge in [0.2, 0.25) is 17.8 Å². The lowest BCUT2D eigenvalue weighted by Gasteiger charge is -2.34. The number of nitrogens with two attached hydrogens (primary N) is 1. The number of aromatic nitrogens is 3. The molecule has 1 aliphatic heterocycles. The van der Waals surface area contributed by atoms with Crippen LogP contribution in [0.5, 0.6) is 0 Å². The van der Waals surface area contributed by atoms with Crippen molar-refractivity contribution in [2.24, 2.45) is 0 Å². The highest BCUT2D eigenvalue weighted by atomic mass is 16.5. The highest BCUT2D eigenvalue weighted by Crippen LogP contribution is 2.26. The van der Waals surface area contributed by atoms with E-state index in [0.717, 1.165) is 25.9 Å². The Morgan fingerprint density at radius 3 is 2.60 bits per heavy atom. The molecule has 7 nitrogen and oxygen atoms in total. The predicted octanol–water partition coefficient (Wildman–Crippen LogP) is 1.03. The van der Waals surface area contributed by atoms with E-state index in [-0.39, 0.29) is 5.95 Å². The fourth-order valence-electron chi connectivity index (χ4n) is 2.74. The Morgan fingerprint density at radius 2 is 1.90 bits per heavy atom. The normalized spacial score (nSPS) is 26.1. The van der Waals surface area contributed by atoms with Gasteiger partial charge >= 0.3 is 0 Å². The van der Waals surface area contributed by atoms with Crippen LogP contribution in [0.15, 0.2) is 0 Å². The highest BCUT2D eigenvalue weighted by Gasteiger charge is 2.29. The van der Waals surface area contributed by atoms with Crippen LogP contribution in [0.25, 0.3) is 0 Å². The fraction of sp³-hybridized carbons (Fsp3) is 0.769. The second-order valence-corrected chi connectivity index (χ2v) is 5.54. The number of nitrogens with one attached hydrogen (secondary N) is 1. The molecule has 3 rings (SSSR count). The molecule has 0 aromatic carbocycles. The van der Waals surface area contributed by atoms with Crippen molar-refractivity contribution in [1.29, 1.82) is 0 Å². The third-order valence-electron chi connectivity index (χ3n) is 4.04. The SMILES string of the molecule is COC1CC(Nc2nc(N)nc(N3CCCCC3)n2)C1. The maximum atomic E-state index is 5.80. The van der Waals surface area contributed by atoms with Crippen LogP contribution >= 0.6 is 0 Å². The summed E-state index contributed by atoms with van der Waals surface area (Å²) in [5, 5.41) is 3.31. The largest absolute Gasteiger partial charge is 0.381 e. The summed E-state index contributed by atoms with van der Waals surface area (Å²) in [6.45, 7) is 2.00. The Labute approximate surface area is 118 Å². The number of nitrogens with zero attached hydrogens (tertiary/aromatic N) is 4. The van der Waals surface area contributed by atoms with Crippen molar-refractivity contribution in [3.63, 3.8) is 0 Å². The zero-order valence-corrected chi connectivity index (χ0v) is 11.9. The van der Waals surface area contributed by atoms with Gasteiger partial charge in [0.15, 0.2) is 0 Å². The molecule has 3 N–H and O–H groups in total. The Balaban J connectivity index is 1.67. The smallest absolute Gasteiger partial charge is 0.231 e. The molecule has 1 aliphatic carbocycles. The molecule has 2 heterocycles. The molecule has 110 valence electrons. The summed E-state index contributed by atoms with van der Waals surface area (Å²) >= 11 is 0. The molecule has 2 fully saturated rings. The van der Waals surface area contributed by atoms with Crippen LogP contribution in [-0.4, -0.2) is 47.3 Å². The number of piperidine rings is 1. The second-order valence-electron chi connectivity index (χ2n) is 5.54. The third-order valence-corrected chi connectivity index (χ3v) is 4.04. The molecular formula is C13H22N6O. The lowest BCUT2D eigenvalue weighted by Crippen LogP contribution is -2.41. The Morgan fingerprint density at radius 1 is 1.15 bits per heavy atom. The van der Waals surface area contributed by atoms with Gasteiger partial charge in [-0.05, 0) is 32.1 Å². The van der Waals surface area contributed by atoms with E-state index in [4.69, 9.17) is 10.5 Å². The average Bonchev–Trinajstić information content (AvgIpc) is 2.43. The van der Waals surface area contributed by atoms with Crippen molar-refractivity contribution < 1.29 is 4.74 Å². The quantitative estimate of drug-likeness (QED) is 0.850. The van der Waals surface area contributed by atoms with Gasteiger partial charge in [0, 0.05) is 26.2 Å². The van der Waals surface area contributed by atoms with E-state index >= 15 is 0 Å². The van der Waals surface area contributed by atoms with E-state index in [9.17, 15) is 0 Å². The van der Waals surface area contributed by atoms with Gasteiger partial charge in [-0.15, -0.1) is 0 Å². The fourth-order valence-corrected chi connectivity index (χ4v) is 2.74. The van der Waals surface area contributed by atoms with Gasteiger partial charge in [0.05, 0.1) is 6.10 Å². The average molecular weight is 278 g/mol. The van der Waals surface area contributed by atoms with Crippen LogP contribution in [0.2, 0.25) is 0 Å². The number of hydrogen-bond acceptors (Lipinski definition) is 7. The first kappa shape index (κ1) is 13.4. The monoisotopic (exact) mass is 278 g/mol. The lowest BCUT2D eigenvalue weighted by molar-refractivity contribution is 0.0327. The molecule has 0 amide bonds. The number of ether oxygens (including phenoxy) is 1. The van der Waals surface area contributed by atoms with Crippen molar-refractivity contribution in [3.05, 3.63) is 0 Å². The molecule has 0 spiro atoms. The number of anilines is 3. The number of methoxy groups -OCH3 is 1. The summed E-state index contributed by atoms with van der Waals surface area (Å²) in [6.07, 6.45) is 5.98. The zero-order valence-electron chi connectivity index (χ0n) is 11.9. The van der Waals surface area contributed by atoms with Gasteiger partial charge < -0.3 is 20.7 Å². The van der Waals surface area contributed by atoms with Crippen molar-refractivity contribution in [2.45, 2.75) is 44.2 Å². The molecule has 0 atom stereocenters. The summed E-state index contributed by atoms with van der Waals surface area (Å²) < 4.78 is 5.27. The van der Waals surface area contributed by atoms with Crippen LogP contribution in [0, 0.1) is 0 Å². The maximum absolute atomic E-state index is 5.80. The number of nitrogen functional groups attached to an aromatic ring is 1. The van der Waals surface area contributed by atoms with E-state index in [2.05, 4.69) is 25.2 Å². The van der Waals surface area contributed by atoms with E-state index in [1.807, 2.05) is 0 Å². The standard InChI is InChI=1S/C13H22N6O/c1-20-10-7-9(8-10)15-12-16-11(14)17-13(18-12)19-5-3-2-4-6-19/h9-10H,2-8H2,1H3,(H3,14,15,16,17,18). The first-order valence-electron chi connectivity index (χ1n) is 7.30. The van der Waals surface area contributed by atoms with Crippen molar-refractivity contribution in [2.75, 3.05) is 36.1 Å². The van der Waals surface area contributed by atoms with Gasteiger partial charge in [-0.3, -0.25) is 0 Å². The maximum Gasteiger partial charge on any atom is 0.231 e. The highest BCUT2D eigenvalue weighted by molar-refractivity contribution is 5.42. The van der Waals surface area contributed by atoms with Gasteiger partial charge in [0.25, 0.3) is 0 Å². The van der Waals surface area contributed by atoms with E-state index < -0.39 is 0 Å². The van der Waals surface area contributed by atoms with Gasteiger partial charge in [-0.1, -0.05) is 0 Å². The molecule has 0 radical (unpaired) electrons. The number of hydrogen-bond donors (Lipinski definition) is 2. The van der Waals surface area contributed by atoms with Crippen LogP contribution in [0.4, 0.5) is 17.8 Å². The summed E-state index contributed by atoms with van der Waals surface area (Å²) in [6, 6.07) is 0.371. The van der Waals surface area contributed by atoms with E-state index in [0.29, 0.717) is 24.0 Å². The molecule has 1 saturated carbocycles. The van der Waals surface area contributed by atoms with Crippen LogP contribution in [-0.2, 0) is 4.74 Å². The molecule has 7 heteroatoms.